The number of hydrogen-bond acceptors (Lipinski definition) is 10. The third-order valence-corrected chi connectivity index (χ3v) is 11.8. The molecule has 1 saturated heterocycles. The zero-order valence-corrected chi connectivity index (χ0v) is 33.3. The Kier molecular flexibility index (Phi) is 10.6. The summed E-state index contributed by atoms with van der Waals surface area (Å²) < 4.78 is 55.6. The SMILES string of the molecule is CC1C=C(c2cnc(CCc3c(F)ccc4c3CCO4)n3cnnc23)CC(C)O1.CC1CC(c2cnc(CCc3c(F)ccc4c3CCO4)n3cnnc23)CC(C)O1. The summed E-state index contributed by atoms with van der Waals surface area (Å²) >= 11 is 0. The van der Waals surface area contributed by atoms with Crippen LogP contribution in [0.5, 0.6) is 11.5 Å². The topological polar surface area (TPSA) is 123 Å². The van der Waals surface area contributed by atoms with Crippen molar-refractivity contribution in [2.24, 2.45) is 0 Å². The van der Waals surface area contributed by atoms with Gasteiger partial charge in [-0.1, -0.05) is 6.08 Å². The lowest BCUT2D eigenvalue weighted by atomic mass is 9.87. The molecule has 1 fully saturated rings. The van der Waals surface area contributed by atoms with E-state index in [2.05, 4.69) is 47.2 Å². The van der Waals surface area contributed by atoms with E-state index in [1.807, 2.05) is 28.1 Å². The van der Waals surface area contributed by atoms with Gasteiger partial charge in [0.15, 0.2) is 11.3 Å². The van der Waals surface area contributed by atoms with Crippen molar-refractivity contribution in [1.29, 1.82) is 0 Å². The highest BCUT2D eigenvalue weighted by atomic mass is 19.1. The van der Waals surface area contributed by atoms with Gasteiger partial charge in [0.2, 0.25) is 0 Å². The van der Waals surface area contributed by atoms with E-state index in [4.69, 9.17) is 28.9 Å². The van der Waals surface area contributed by atoms with Crippen LogP contribution < -0.4 is 9.47 Å². The van der Waals surface area contributed by atoms with Gasteiger partial charge in [-0.15, -0.1) is 20.4 Å². The Morgan fingerprint density at radius 1 is 0.672 bits per heavy atom. The molecule has 8 heterocycles. The second kappa shape index (κ2) is 16.1. The maximum atomic E-state index is 14.5. The summed E-state index contributed by atoms with van der Waals surface area (Å²) in [4.78, 5) is 9.42. The highest BCUT2D eigenvalue weighted by Crippen LogP contribution is 2.36. The first kappa shape index (κ1) is 38.2. The highest BCUT2D eigenvalue weighted by Gasteiger charge is 2.29. The summed E-state index contributed by atoms with van der Waals surface area (Å²) in [5.74, 6) is 3.28. The average Bonchev–Trinajstić information content (AvgIpc) is 4.04. The number of halogens is 2. The van der Waals surface area contributed by atoms with Gasteiger partial charge in [-0.3, -0.25) is 8.80 Å². The second-order valence-corrected chi connectivity index (χ2v) is 15.9. The van der Waals surface area contributed by atoms with E-state index in [0.29, 0.717) is 44.8 Å². The third-order valence-electron chi connectivity index (χ3n) is 11.8. The summed E-state index contributed by atoms with van der Waals surface area (Å²) in [7, 11) is 0. The molecule has 6 aromatic rings. The quantitative estimate of drug-likeness (QED) is 0.156. The highest BCUT2D eigenvalue weighted by molar-refractivity contribution is 5.76. The molecule has 4 atom stereocenters. The van der Waals surface area contributed by atoms with E-state index in [1.165, 1.54) is 17.7 Å². The first-order valence-electron chi connectivity index (χ1n) is 20.4. The van der Waals surface area contributed by atoms with Gasteiger partial charge in [-0.05, 0) is 107 Å². The zero-order valence-electron chi connectivity index (χ0n) is 33.3. The van der Waals surface area contributed by atoms with Crippen molar-refractivity contribution in [2.45, 2.75) is 116 Å². The number of nitrogens with zero attached hydrogens (tertiary/aromatic N) is 8. The van der Waals surface area contributed by atoms with Crippen LogP contribution in [0.4, 0.5) is 8.78 Å². The second-order valence-electron chi connectivity index (χ2n) is 15.9. The summed E-state index contributed by atoms with van der Waals surface area (Å²) in [6, 6.07) is 6.43. The van der Waals surface area contributed by atoms with Crippen LogP contribution in [0.15, 0.2) is 55.4 Å². The lowest BCUT2D eigenvalue weighted by molar-refractivity contribution is -0.0379. The van der Waals surface area contributed by atoms with Gasteiger partial charge in [0.05, 0.1) is 37.6 Å². The lowest BCUT2D eigenvalue weighted by Crippen LogP contribution is -2.28. The summed E-state index contributed by atoms with van der Waals surface area (Å²) in [5, 5.41) is 16.9. The molecule has 0 spiro atoms. The van der Waals surface area contributed by atoms with Crippen molar-refractivity contribution < 1.29 is 27.7 Å². The van der Waals surface area contributed by atoms with Gasteiger partial charge in [-0.25, -0.2) is 18.7 Å². The summed E-state index contributed by atoms with van der Waals surface area (Å²) in [6.45, 7) is 9.57. The van der Waals surface area contributed by atoms with Crippen LogP contribution in [-0.2, 0) is 48.0 Å². The van der Waals surface area contributed by atoms with Crippen LogP contribution in [0.1, 0.15) is 97.9 Å². The van der Waals surface area contributed by atoms with Crippen molar-refractivity contribution in [3.63, 3.8) is 0 Å². The molecule has 58 heavy (non-hydrogen) atoms. The van der Waals surface area contributed by atoms with E-state index in [1.54, 1.807) is 24.8 Å². The van der Waals surface area contributed by atoms with E-state index in [0.717, 1.165) is 99.9 Å². The Bertz CT molecular complexity index is 2490. The third kappa shape index (κ3) is 7.55. The van der Waals surface area contributed by atoms with Crippen LogP contribution in [0, 0.1) is 11.6 Å². The van der Waals surface area contributed by atoms with Crippen LogP contribution in [0.3, 0.4) is 0 Å². The van der Waals surface area contributed by atoms with E-state index >= 15 is 0 Å². The number of aryl methyl sites for hydroxylation is 2. The molecule has 2 aromatic carbocycles. The first-order valence-corrected chi connectivity index (χ1v) is 20.4. The molecule has 302 valence electrons. The fourth-order valence-electron chi connectivity index (χ4n) is 9.25. The van der Waals surface area contributed by atoms with Crippen molar-refractivity contribution >= 4 is 16.9 Å². The van der Waals surface area contributed by atoms with E-state index < -0.39 is 0 Å². The van der Waals surface area contributed by atoms with Crippen molar-refractivity contribution in [3.8, 4) is 11.5 Å². The first-order chi connectivity index (χ1) is 28.2. The molecule has 10 rings (SSSR count). The van der Waals surface area contributed by atoms with Gasteiger partial charge in [-0.2, -0.15) is 0 Å². The number of hydrogen-bond donors (Lipinski definition) is 0. The van der Waals surface area contributed by atoms with Gasteiger partial charge in [0.25, 0.3) is 0 Å². The number of fused-ring (bicyclic) bond motifs is 4. The van der Waals surface area contributed by atoms with Gasteiger partial charge in [0.1, 0.15) is 47.4 Å². The number of benzene rings is 2. The monoisotopic (exact) mass is 790 g/mol. The van der Waals surface area contributed by atoms with Gasteiger partial charge in [0, 0.05) is 60.3 Å². The minimum absolute atomic E-state index is 0.0572. The maximum absolute atomic E-state index is 14.5. The Hall–Kier alpha value is -5.34. The molecule has 0 saturated carbocycles. The van der Waals surface area contributed by atoms with Crippen LogP contribution in [0.25, 0.3) is 16.9 Å². The standard InChI is InChI=1S/C22H25FN4O2.C22H23FN4O2/c2*1-13-9-15(10-14(2)29-13)18-11-24-21(27-12-25-26-22(18)27)6-3-16-17-7-8-28-20(17)5-4-19(16)23/h4-5,11-15H,3,6-10H2,1-2H3;4-5,9,11-14H,3,6-8,10H2,1-2H3. The minimum Gasteiger partial charge on any atom is -0.493 e. The molecule has 0 aliphatic carbocycles. The molecular formula is C44H48F2N8O4. The van der Waals surface area contributed by atoms with Crippen molar-refractivity contribution in [3.05, 3.63) is 112 Å². The van der Waals surface area contributed by atoms with E-state index in [-0.39, 0.29) is 36.1 Å². The average molecular weight is 791 g/mol. The minimum atomic E-state index is -0.179. The fraction of sp³-hybridized carbons (Fsp3) is 0.455. The molecule has 14 heteroatoms. The van der Waals surface area contributed by atoms with Gasteiger partial charge < -0.3 is 18.9 Å². The smallest absolute Gasteiger partial charge is 0.171 e. The molecule has 4 aliphatic rings. The molecule has 0 radical (unpaired) electrons. The van der Waals surface area contributed by atoms with Crippen molar-refractivity contribution in [2.75, 3.05) is 13.2 Å². The predicted molar refractivity (Wildman–Crippen MR) is 212 cm³/mol. The molecule has 0 bridgehead atoms. The van der Waals surface area contributed by atoms with Crippen LogP contribution in [0.2, 0.25) is 0 Å². The molecule has 0 amide bonds. The Morgan fingerprint density at radius 3 is 1.84 bits per heavy atom. The molecule has 4 unspecified atom stereocenters. The molecule has 4 aromatic heterocycles. The van der Waals surface area contributed by atoms with E-state index in [9.17, 15) is 8.78 Å². The van der Waals surface area contributed by atoms with Crippen LogP contribution in [-0.4, -0.2) is 76.8 Å². The van der Waals surface area contributed by atoms with Gasteiger partial charge >= 0.3 is 0 Å². The largest absolute Gasteiger partial charge is 0.493 e. The summed E-state index contributed by atoms with van der Waals surface area (Å²) in [5.41, 5.74) is 8.34. The molecule has 0 N–H and O–H groups in total. The Labute approximate surface area is 335 Å². The predicted octanol–water partition coefficient (Wildman–Crippen LogP) is 7.22. The fourth-order valence-corrected chi connectivity index (χ4v) is 9.25. The maximum Gasteiger partial charge on any atom is 0.171 e. The molecular weight excluding hydrogens is 743 g/mol. The number of rotatable bonds is 8. The molecule has 12 nitrogen and oxygen atoms in total. The van der Waals surface area contributed by atoms with Crippen molar-refractivity contribution in [1.82, 2.24) is 39.2 Å². The Balaban J connectivity index is 0.000000150. The van der Waals surface area contributed by atoms with Crippen LogP contribution >= 0.6 is 0 Å². The molecule has 4 aliphatic heterocycles. The normalized spacial score (nSPS) is 22.5. The summed E-state index contributed by atoms with van der Waals surface area (Å²) in [6.07, 6.45) is 16.5. The zero-order chi connectivity index (χ0) is 39.9. The number of ether oxygens (including phenoxy) is 4. The number of aromatic nitrogens is 8. The lowest BCUT2D eigenvalue weighted by Gasteiger charge is -2.32. The Morgan fingerprint density at radius 2 is 1.24 bits per heavy atom.